The van der Waals surface area contributed by atoms with E-state index in [0.29, 0.717) is 11.8 Å². The SMILES string of the molecule is Cl.Cl.O=C(c1cc(-c2ccccc2)nc2ccccc12)N1CC[C@@H]2CNC[C@@H]2CC1. The molecule has 0 aliphatic carbocycles. The molecule has 2 saturated heterocycles. The Morgan fingerprint density at radius 3 is 2.23 bits per heavy atom. The number of aromatic nitrogens is 1. The van der Waals surface area contributed by atoms with Crippen molar-refractivity contribution < 1.29 is 4.79 Å². The van der Waals surface area contributed by atoms with Gasteiger partial charge in [0.15, 0.2) is 0 Å². The Labute approximate surface area is 189 Å². The highest BCUT2D eigenvalue weighted by Gasteiger charge is 2.32. The van der Waals surface area contributed by atoms with Gasteiger partial charge in [-0.1, -0.05) is 48.5 Å². The second kappa shape index (κ2) is 9.78. The van der Waals surface area contributed by atoms with Gasteiger partial charge in [0.05, 0.1) is 16.8 Å². The van der Waals surface area contributed by atoms with Gasteiger partial charge in [-0.05, 0) is 49.9 Å². The van der Waals surface area contributed by atoms with Crippen LogP contribution in [0.15, 0.2) is 60.7 Å². The van der Waals surface area contributed by atoms with Crippen LogP contribution in [0.25, 0.3) is 22.2 Å². The third-order valence-electron chi connectivity index (χ3n) is 6.32. The lowest BCUT2D eigenvalue weighted by Crippen LogP contribution is -2.33. The second-order valence-electron chi connectivity index (χ2n) is 7.99. The lowest BCUT2D eigenvalue weighted by molar-refractivity contribution is 0.0760. The summed E-state index contributed by atoms with van der Waals surface area (Å²) in [7, 11) is 0. The molecule has 30 heavy (non-hydrogen) atoms. The second-order valence-corrected chi connectivity index (χ2v) is 7.99. The maximum Gasteiger partial charge on any atom is 0.254 e. The van der Waals surface area contributed by atoms with Crippen molar-refractivity contribution in [3.05, 3.63) is 66.2 Å². The summed E-state index contributed by atoms with van der Waals surface area (Å²) in [5, 5.41) is 4.45. The van der Waals surface area contributed by atoms with Gasteiger partial charge < -0.3 is 10.2 Å². The van der Waals surface area contributed by atoms with E-state index in [0.717, 1.165) is 66.7 Å². The van der Waals surface area contributed by atoms with E-state index in [1.807, 2.05) is 60.7 Å². The van der Waals surface area contributed by atoms with Crippen LogP contribution in [0, 0.1) is 11.8 Å². The number of nitrogens with one attached hydrogen (secondary N) is 1. The highest BCUT2D eigenvalue weighted by Crippen LogP contribution is 2.30. The van der Waals surface area contributed by atoms with Gasteiger partial charge in [-0.3, -0.25) is 4.79 Å². The highest BCUT2D eigenvalue weighted by molar-refractivity contribution is 6.07. The van der Waals surface area contributed by atoms with E-state index < -0.39 is 0 Å². The molecule has 0 spiro atoms. The Morgan fingerprint density at radius 1 is 0.900 bits per heavy atom. The van der Waals surface area contributed by atoms with Crippen molar-refractivity contribution in [1.29, 1.82) is 0 Å². The maximum absolute atomic E-state index is 13.6. The predicted octanol–water partition coefficient (Wildman–Crippen LogP) is 4.82. The van der Waals surface area contributed by atoms with Crippen LogP contribution < -0.4 is 5.32 Å². The number of hydrogen-bond acceptors (Lipinski definition) is 3. The molecular weight excluding hydrogens is 417 g/mol. The van der Waals surface area contributed by atoms with E-state index in [1.165, 1.54) is 0 Å². The molecule has 3 heterocycles. The Morgan fingerprint density at radius 2 is 1.53 bits per heavy atom. The molecule has 1 amide bonds. The van der Waals surface area contributed by atoms with Crippen LogP contribution in [-0.2, 0) is 0 Å². The van der Waals surface area contributed by atoms with Crippen molar-refractivity contribution >= 4 is 41.6 Å². The van der Waals surface area contributed by atoms with Crippen molar-refractivity contribution in [2.45, 2.75) is 12.8 Å². The number of para-hydroxylation sites is 1. The van der Waals surface area contributed by atoms with Gasteiger partial charge in [0.1, 0.15) is 0 Å². The van der Waals surface area contributed by atoms with Gasteiger partial charge in [-0.2, -0.15) is 0 Å². The molecule has 1 N–H and O–H groups in total. The molecule has 158 valence electrons. The molecule has 2 aliphatic rings. The lowest BCUT2D eigenvalue weighted by Gasteiger charge is -2.22. The Balaban J connectivity index is 0.00000128. The summed E-state index contributed by atoms with van der Waals surface area (Å²) in [6, 6.07) is 20.1. The fourth-order valence-corrected chi connectivity index (χ4v) is 4.70. The van der Waals surface area contributed by atoms with E-state index in [9.17, 15) is 4.79 Å². The van der Waals surface area contributed by atoms with Crippen LogP contribution in [0.2, 0.25) is 0 Å². The summed E-state index contributed by atoms with van der Waals surface area (Å²) in [6.07, 6.45) is 2.19. The zero-order valence-electron chi connectivity index (χ0n) is 16.8. The summed E-state index contributed by atoms with van der Waals surface area (Å²) < 4.78 is 0. The number of fused-ring (bicyclic) bond motifs is 2. The molecule has 0 radical (unpaired) electrons. The van der Waals surface area contributed by atoms with Gasteiger partial charge in [0, 0.05) is 24.0 Å². The first kappa shape index (κ1) is 22.5. The third kappa shape index (κ3) is 4.31. The lowest BCUT2D eigenvalue weighted by atomic mass is 9.92. The van der Waals surface area contributed by atoms with Crippen LogP contribution in [0.5, 0.6) is 0 Å². The summed E-state index contributed by atoms with van der Waals surface area (Å²) in [4.78, 5) is 20.4. The van der Waals surface area contributed by atoms with Crippen LogP contribution in [0.3, 0.4) is 0 Å². The average Bonchev–Trinajstić information content (AvgIpc) is 3.11. The normalized spacial score (nSPS) is 20.6. The predicted molar refractivity (Wildman–Crippen MR) is 127 cm³/mol. The smallest absolute Gasteiger partial charge is 0.254 e. The molecule has 2 fully saturated rings. The number of likely N-dealkylation sites (tertiary alicyclic amines) is 1. The van der Waals surface area contributed by atoms with E-state index in [1.54, 1.807) is 0 Å². The largest absolute Gasteiger partial charge is 0.339 e. The standard InChI is InChI=1S/C24H25N3O.2ClH/c28-24(27-12-10-18-15-25-16-19(18)11-13-27)21-14-23(17-6-2-1-3-7-17)26-22-9-5-4-8-20(21)22;;/h1-9,14,18-19,25H,10-13,15-16H2;2*1H/t18-,19+;;. The minimum absolute atomic E-state index is 0. The number of rotatable bonds is 2. The van der Waals surface area contributed by atoms with Gasteiger partial charge in [0.2, 0.25) is 0 Å². The highest BCUT2D eigenvalue weighted by atomic mass is 35.5. The Bertz CT molecular complexity index is 998. The van der Waals surface area contributed by atoms with E-state index in [4.69, 9.17) is 4.98 Å². The molecule has 1 aromatic heterocycles. The molecule has 6 heteroatoms. The van der Waals surface area contributed by atoms with Crippen molar-refractivity contribution in [3.8, 4) is 11.3 Å². The first-order valence-corrected chi connectivity index (χ1v) is 10.2. The van der Waals surface area contributed by atoms with Gasteiger partial charge in [-0.15, -0.1) is 24.8 Å². The quantitative estimate of drug-likeness (QED) is 0.617. The van der Waals surface area contributed by atoms with Crippen LogP contribution in [0.4, 0.5) is 0 Å². The van der Waals surface area contributed by atoms with Crippen LogP contribution >= 0.6 is 24.8 Å². The van der Waals surface area contributed by atoms with Gasteiger partial charge in [0.25, 0.3) is 5.91 Å². The first-order valence-electron chi connectivity index (χ1n) is 10.2. The number of amides is 1. The fourth-order valence-electron chi connectivity index (χ4n) is 4.70. The number of nitrogens with zero attached hydrogens (tertiary/aromatic N) is 2. The van der Waals surface area contributed by atoms with E-state index >= 15 is 0 Å². The minimum Gasteiger partial charge on any atom is -0.339 e. The van der Waals surface area contributed by atoms with Gasteiger partial charge in [-0.25, -0.2) is 4.98 Å². The number of benzene rings is 2. The molecule has 0 saturated carbocycles. The fraction of sp³-hybridized carbons (Fsp3) is 0.333. The Kier molecular flexibility index (Phi) is 7.35. The van der Waals surface area contributed by atoms with Crippen LogP contribution in [0.1, 0.15) is 23.2 Å². The minimum atomic E-state index is 0. The van der Waals surface area contributed by atoms with Crippen molar-refractivity contribution in [2.75, 3.05) is 26.2 Å². The summed E-state index contributed by atoms with van der Waals surface area (Å²) in [5.41, 5.74) is 3.55. The summed E-state index contributed by atoms with van der Waals surface area (Å²) >= 11 is 0. The summed E-state index contributed by atoms with van der Waals surface area (Å²) in [5.74, 6) is 1.57. The monoisotopic (exact) mass is 443 g/mol. The van der Waals surface area contributed by atoms with E-state index in [2.05, 4.69) is 10.2 Å². The maximum atomic E-state index is 13.6. The number of pyridine rings is 1. The topological polar surface area (TPSA) is 45.2 Å². The van der Waals surface area contributed by atoms with Crippen molar-refractivity contribution in [3.63, 3.8) is 0 Å². The van der Waals surface area contributed by atoms with Crippen molar-refractivity contribution in [2.24, 2.45) is 11.8 Å². The molecule has 2 atom stereocenters. The molecule has 2 aliphatic heterocycles. The zero-order chi connectivity index (χ0) is 18.9. The first-order chi connectivity index (χ1) is 13.8. The molecule has 0 unspecified atom stereocenters. The molecule has 0 bridgehead atoms. The number of carbonyl (C=O) groups excluding carboxylic acids is 1. The van der Waals surface area contributed by atoms with Gasteiger partial charge >= 0.3 is 0 Å². The number of carbonyl (C=O) groups is 1. The van der Waals surface area contributed by atoms with Crippen molar-refractivity contribution in [1.82, 2.24) is 15.2 Å². The average molecular weight is 444 g/mol. The molecule has 3 aromatic rings. The Hall–Kier alpha value is -2.14. The summed E-state index contributed by atoms with van der Waals surface area (Å²) in [6.45, 7) is 3.89. The third-order valence-corrected chi connectivity index (χ3v) is 6.32. The number of hydrogen-bond donors (Lipinski definition) is 1. The van der Waals surface area contributed by atoms with E-state index in [-0.39, 0.29) is 30.7 Å². The number of halogens is 2. The zero-order valence-corrected chi connectivity index (χ0v) is 18.4. The van der Waals surface area contributed by atoms with Crippen LogP contribution in [-0.4, -0.2) is 42.0 Å². The molecular formula is C24H27Cl2N3O. The molecule has 2 aromatic carbocycles. The molecule has 5 rings (SSSR count). The molecule has 4 nitrogen and oxygen atoms in total.